The number of hydrogen-bond acceptors (Lipinski definition) is 4. The van der Waals surface area contributed by atoms with Gasteiger partial charge < -0.3 is 19.4 Å². The molecular formula is C21H31N3O3. The van der Waals surface area contributed by atoms with E-state index in [-0.39, 0.29) is 18.4 Å². The number of benzene rings is 1. The van der Waals surface area contributed by atoms with E-state index >= 15 is 0 Å². The van der Waals surface area contributed by atoms with Crippen LogP contribution in [-0.2, 0) is 4.79 Å². The van der Waals surface area contributed by atoms with Crippen LogP contribution >= 0.6 is 0 Å². The number of fused-ring (bicyclic) bond motifs is 1. The fourth-order valence-corrected chi connectivity index (χ4v) is 4.01. The van der Waals surface area contributed by atoms with Gasteiger partial charge in [0.25, 0.3) is 5.91 Å². The fourth-order valence-electron chi connectivity index (χ4n) is 4.01. The fraction of sp³-hybridized carbons (Fsp3) is 0.619. The summed E-state index contributed by atoms with van der Waals surface area (Å²) in [7, 11) is 2.10. The average molecular weight is 373 g/mol. The molecule has 6 heteroatoms. The second-order valence-corrected chi connectivity index (χ2v) is 7.82. The zero-order valence-corrected chi connectivity index (χ0v) is 17.0. The lowest BCUT2D eigenvalue weighted by Gasteiger charge is -2.41. The van der Waals surface area contributed by atoms with Crippen molar-refractivity contribution in [3.05, 3.63) is 29.3 Å². The number of carbonyl (C=O) groups excluding carboxylic acids is 2. The van der Waals surface area contributed by atoms with Crippen molar-refractivity contribution in [1.82, 2.24) is 14.7 Å². The van der Waals surface area contributed by atoms with Crippen LogP contribution in [-0.4, -0.2) is 78.4 Å². The van der Waals surface area contributed by atoms with Crippen molar-refractivity contribution in [1.29, 1.82) is 0 Å². The van der Waals surface area contributed by atoms with Crippen molar-refractivity contribution >= 4 is 11.8 Å². The molecule has 0 aliphatic carbocycles. The number of rotatable bonds is 4. The molecule has 6 nitrogen and oxygen atoms in total. The summed E-state index contributed by atoms with van der Waals surface area (Å²) in [5, 5.41) is 0. The van der Waals surface area contributed by atoms with Crippen molar-refractivity contribution in [2.45, 2.75) is 39.2 Å². The van der Waals surface area contributed by atoms with E-state index in [0.29, 0.717) is 30.9 Å². The summed E-state index contributed by atoms with van der Waals surface area (Å²) >= 11 is 0. The highest BCUT2D eigenvalue weighted by atomic mass is 16.5. The summed E-state index contributed by atoms with van der Waals surface area (Å²) < 4.78 is 6.47. The van der Waals surface area contributed by atoms with E-state index in [0.717, 1.165) is 31.5 Å². The highest BCUT2D eigenvalue weighted by molar-refractivity contribution is 5.99. The molecule has 3 rings (SSSR count). The number of aryl methyl sites for hydroxylation is 1. The Morgan fingerprint density at radius 3 is 2.52 bits per heavy atom. The first-order valence-corrected chi connectivity index (χ1v) is 9.92. The lowest BCUT2D eigenvalue weighted by Crippen LogP contribution is -2.55. The predicted octanol–water partition coefficient (Wildman–Crippen LogP) is 2.16. The van der Waals surface area contributed by atoms with Crippen LogP contribution < -0.4 is 4.74 Å². The maximum absolute atomic E-state index is 13.3. The quantitative estimate of drug-likeness (QED) is 0.812. The molecule has 0 unspecified atom stereocenters. The van der Waals surface area contributed by atoms with Crippen molar-refractivity contribution in [2.24, 2.45) is 0 Å². The van der Waals surface area contributed by atoms with Gasteiger partial charge >= 0.3 is 0 Å². The van der Waals surface area contributed by atoms with E-state index in [1.165, 1.54) is 0 Å². The molecule has 148 valence electrons. The maximum Gasteiger partial charge on any atom is 0.258 e. The van der Waals surface area contributed by atoms with Gasteiger partial charge in [-0.3, -0.25) is 9.59 Å². The second-order valence-electron chi connectivity index (χ2n) is 7.82. The minimum Gasteiger partial charge on any atom is -0.484 e. The monoisotopic (exact) mass is 373 g/mol. The van der Waals surface area contributed by atoms with Crippen LogP contribution in [0.5, 0.6) is 5.75 Å². The number of hydrogen-bond donors (Lipinski definition) is 0. The van der Waals surface area contributed by atoms with Gasteiger partial charge in [-0.1, -0.05) is 11.6 Å². The standard InChI is InChI=1S/C21H31N3O3/c1-5-23(6-2)19(25)14-24-15-21(9-11-22(4)12-10-21)27-18-8-7-16(3)13-17(18)20(24)26/h7-8,13H,5-6,9-12,14-15H2,1-4H3. The molecule has 0 aromatic heterocycles. The van der Waals surface area contributed by atoms with Gasteiger partial charge in [0.05, 0.1) is 12.1 Å². The van der Waals surface area contributed by atoms with Crippen molar-refractivity contribution in [2.75, 3.05) is 46.3 Å². The zero-order chi connectivity index (χ0) is 19.6. The van der Waals surface area contributed by atoms with E-state index in [2.05, 4.69) is 11.9 Å². The Morgan fingerprint density at radius 1 is 1.22 bits per heavy atom. The van der Waals surface area contributed by atoms with Gasteiger partial charge in [0, 0.05) is 39.0 Å². The van der Waals surface area contributed by atoms with Gasteiger partial charge in [-0.25, -0.2) is 0 Å². The molecule has 27 heavy (non-hydrogen) atoms. The first kappa shape index (κ1) is 19.7. The summed E-state index contributed by atoms with van der Waals surface area (Å²) in [4.78, 5) is 31.8. The second kappa shape index (κ2) is 7.89. The van der Waals surface area contributed by atoms with Gasteiger partial charge in [0.15, 0.2) is 0 Å². The molecule has 1 spiro atoms. The average Bonchev–Trinajstić information content (AvgIpc) is 2.75. The molecule has 0 radical (unpaired) electrons. The van der Waals surface area contributed by atoms with Crippen LogP contribution in [0.4, 0.5) is 0 Å². The van der Waals surface area contributed by atoms with Gasteiger partial charge in [0.1, 0.15) is 17.9 Å². The van der Waals surface area contributed by atoms with E-state index in [1.807, 2.05) is 39.0 Å². The Hall–Kier alpha value is -2.08. The number of likely N-dealkylation sites (N-methyl/N-ethyl adjacent to an activating group) is 1. The Kier molecular flexibility index (Phi) is 5.75. The van der Waals surface area contributed by atoms with Gasteiger partial charge in [0.2, 0.25) is 5.91 Å². The van der Waals surface area contributed by atoms with Gasteiger partial charge in [-0.05, 0) is 40.0 Å². The van der Waals surface area contributed by atoms with Crippen molar-refractivity contribution in [3.8, 4) is 5.75 Å². The van der Waals surface area contributed by atoms with Crippen LogP contribution in [0.1, 0.15) is 42.6 Å². The van der Waals surface area contributed by atoms with E-state index in [1.54, 1.807) is 9.80 Å². The number of likely N-dealkylation sites (tertiary alicyclic amines) is 1. The molecule has 0 bridgehead atoms. The molecule has 2 heterocycles. The largest absolute Gasteiger partial charge is 0.484 e. The number of carbonyl (C=O) groups is 2. The van der Waals surface area contributed by atoms with Gasteiger partial charge in [-0.15, -0.1) is 0 Å². The maximum atomic E-state index is 13.3. The van der Waals surface area contributed by atoms with E-state index < -0.39 is 5.60 Å². The molecule has 0 N–H and O–H groups in total. The van der Waals surface area contributed by atoms with Crippen LogP contribution in [0.15, 0.2) is 18.2 Å². The molecule has 1 aromatic rings. The normalized spacial score (nSPS) is 19.4. The summed E-state index contributed by atoms with van der Waals surface area (Å²) in [6, 6.07) is 5.75. The molecule has 0 saturated carbocycles. The molecule has 2 aliphatic heterocycles. The predicted molar refractivity (Wildman–Crippen MR) is 105 cm³/mol. The summed E-state index contributed by atoms with van der Waals surface area (Å²) in [5.74, 6) is 0.533. The first-order valence-electron chi connectivity index (χ1n) is 9.92. The summed E-state index contributed by atoms with van der Waals surface area (Å²) in [5.41, 5.74) is 1.16. The third-order valence-electron chi connectivity index (χ3n) is 5.80. The smallest absolute Gasteiger partial charge is 0.258 e. The number of amides is 2. The summed E-state index contributed by atoms with van der Waals surface area (Å²) in [6.45, 7) is 9.61. The number of nitrogens with zero attached hydrogens (tertiary/aromatic N) is 3. The van der Waals surface area contributed by atoms with Crippen molar-refractivity contribution in [3.63, 3.8) is 0 Å². The van der Waals surface area contributed by atoms with Crippen LogP contribution in [0, 0.1) is 6.92 Å². The lowest BCUT2D eigenvalue weighted by atomic mass is 9.90. The lowest BCUT2D eigenvalue weighted by molar-refractivity contribution is -0.132. The summed E-state index contributed by atoms with van der Waals surface area (Å²) in [6.07, 6.45) is 1.69. The third kappa shape index (κ3) is 4.10. The first-order chi connectivity index (χ1) is 12.9. The van der Waals surface area contributed by atoms with Crippen molar-refractivity contribution < 1.29 is 14.3 Å². The highest BCUT2D eigenvalue weighted by Crippen LogP contribution is 2.35. The Bertz CT molecular complexity index is 707. The minimum atomic E-state index is -0.424. The van der Waals surface area contributed by atoms with Crippen LogP contribution in [0.3, 0.4) is 0 Å². The molecular weight excluding hydrogens is 342 g/mol. The minimum absolute atomic E-state index is 0.00692. The van der Waals surface area contributed by atoms with E-state index in [4.69, 9.17) is 4.74 Å². The Labute approximate surface area is 162 Å². The Balaban J connectivity index is 1.94. The number of piperidine rings is 1. The highest BCUT2D eigenvalue weighted by Gasteiger charge is 2.43. The third-order valence-corrected chi connectivity index (χ3v) is 5.80. The topological polar surface area (TPSA) is 53.1 Å². The number of ether oxygens (including phenoxy) is 1. The molecule has 1 aromatic carbocycles. The van der Waals surface area contributed by atoms with Gasteiger partial charge in [-0.2, -0.15) is 0 Å². The zero-order valence-electron chi connectivity index (χ0n) is 17.0. The van der Waals surface area contributed by atoms with Crippen LogP contribution in [0.2, 0.25) is 0 Å². The molecule has 1 fully saturated rings. The molecule has 2 aliphatic rings. The Morgan fingerprint density at radius 2 is 1.89 bits per heavy atom. The van der Waals surface area contributed by atoms with Crippen LogP contribution in [0.25, 0.3) is 0 Å². The van der Waals surface area contributed by atoms with E-state index in [9.17, 15) is 9.59 Å². The SMILES string of the molecule is CCN(CC)C(=O)CN1CC2(CCN(C)CC2)Oc2ccc(C)cc2C1=O. The molecule has 0 atom stereocenters. The molecule has 1 saturated heterocycles. The molecule has 2 amide bonds.